The van der Waals surface area contributed by atoms with Gasteiger partial charge in [0.1, 0.15) is 0 Å². The van der Waals surface area contributed by atoms with Gasteiger partial charge in [0.15, 0.2) is 11.5 Å². The highest BCUT2D eigenvalue weighted by molar-refractivity contribution is 7.11. The lowest BCUT2D eigenvalue weighted by Gasteiger charge is -2.16. The molecule has 0 aliphatic heterocycles. The van der Waals surface area contributed by atoms with Crippen molar-refractivity contribution < 1.29 is 19.0 Å². The lowest BCUT2D eigenvalue weighted by atomic mass is 10.1. The molecule has 0 bridgehead atoms. The Morgan fingerprint density at radius 1 is 1.12 bits per heavy atom. The van der Waals surface area contributed by atoms with Gasteiger partial charge < -0.3 is 14.2 Å². The summed E-state index contributed by atoms with van der Waals surface area (Å²) >= 11 is 1.57. The molecule has 1 N–H and O–H groups in total. The summed E-state index contributed by atoms with van der Waals surface area (Å²) in [6, 6.07) is 5.28. The first kappa shape index (κ1) is 19.8. The van der Waals surface area contributed by atoms with Gasteiger partial charge in [-0.15, -0.1) is 11.3 Å². The van der Waals surface area contributed by atoms with Crippen LogP contribution in [0.15, 0.2) is 28.7 Å². The number of nitrogens with one attached hydrogen (secondary N) is 1. The minimum atomic E-state index is -0.347. The predicted octanol–water partition coefficient (Wildman–Crippen LogP) is 4.02. The molecule has 26 heavy (non-hydrogen) atoms. The molecule has 0 saturated heterocycles. The topological polar surface area (TPSA) is 69.2 Å². The van der Waals surface area contributed by atoms with Crippen molar-refractivity contribution in [3.8, 4) is 17.2 Å². The number of hydrogen-bond acceptors (Lipinski definition) is 6. The van der Waals surface area contributed by atoms with Gasteiger partial charge in [0, 0.05) is 10.4 Å². The van der Waals surface area contributed by atoms with Crippen LogP contribution in [0.3, 0.4) is 0 Å². The fourth-order valence-corrected chi connectivity index (χ4v) is 3.04. The van der Waals surface area contributed by atoms with Gasteiger partial charge in [-0.05, 0) is 56.8 Å². The maximum absolute atomic E-state index is 12.5. The number of amides is 1. The molecule has 1 aromatic heterocycles. The highest BCUT2D eigenvalue weighted by atomic mass is 32.1. The molecule has 0 aliphatic rings. The van der Waals surface area contributed by atoms with Gasteiger partial charge >= 0.3 is 0 Å². The molecule has 0 aliphatic carbocycles. The molecule has 2 rings (SSSR count). The number of carbonyl (C=O) groups excluding carboxylic acids is 1. The molecule has 1 amide bonds. The molecule has 0 fully saturated rings. The molecular weight excluding hydrogens is 352 g/mol. The van der Waals surface area contributed by atoms with Crippen LogP contribution < -0.4 is 19.6 Å². The van der Waals surface area contributed by atoms with Gasteiger partial charge in [0.05, 0.1) is 26.0 Å². The average molecular weight is 376 g/mol. The standard InChI is InChI=1S/C19H24N2O4S/c1-5-23-15-10-14(11-16(24-6-2)18(15)25-7-3)19(22)21-20-12-17-13(4)8-9-26-17/h8-12H,5-7H2,1-4H3,(H,21,22)/b20-12+. The second-order valence-corrected chi connectivity index (χ2v) is 6.22. The van der Waals surface area contributed by atoms with Crippen LogP contribution in [0.4, 0.5) is 0 Å². The molecule has 1 aromatic carbocycles. The van der Waals surface area contributed by atoms with Crippen molar-refractivity contribution >= 4 is 23.5 Å². The average Bonchev–Trinajstić information content (AvgIpc) is 3.03. The van der Waals surface area contributed by atoms with E-state index in [0.29, 0.717) is 42.6 Å². The Balaban J connectivity index is 2.24. The molecule has 0 radical (unpaired) electrons. The van der Waals surface area contributed by atoms with E-state index < -0.39 is 0 Å². The summed E-state index contributed by atoms with van der Waals surface area (Å²) in [5.41, 5.74) is 4.05. The Labute approximate surface area is 157 Å². The van der Waals surface area contributed by atoms with E-state index in [2.05, 4.69) is 10.5 Å². The van der Waals surface area contributed by atoms with E-state index >= 15 is 0 Å². The first-order valence-electron chi connectivity index (χ1n) is 8.54. The largest absolute Gasteiger partial charge is 0.490 e. The van der Waals surface area contributed by atoms with Gasteiger partial charge in [-0.1, -0.05) is 0 Å². The molecule has 0 unspecified atom stereocenters. The Bertz CT molecular complexity index is 744. The fraction of sp³-hybridized carbons (Fsp3) is 0.368. The quantitative estimate of drug-likeness (QED) is 0.530. The van der Waals surface area contributed by atoms with Crippen LogP contribution in [0.25, 0.3) is 0 Å². The SMILES string of the molecule is CCOc1cc(C(=O)N/N=C/c2sccc2C)cc(OCC)c1OCC. The van der Waals surface area contributed by atoms with Gasteiger partial charge in [-0.3, -0.25) is 4.79 Å². The van der Waals surface area contributed by atoms with E-state index in [9.17, 15) is 4.79 Å². The lowest BCUT2D eigenvalue weighted by molar-refractivity contribution is 0.0954. The minimum Gasteiger partial charge on any atom is -0.490 e. The summed E-state index contributed by atoms with van der Waals surface area (Å²) in [5.74, 6) is 1.11. The molecule has 7 heteroatoms. The van der Waals surface area contributed by atoms with Crippen LogP contribution in [0.2, 0.25) is 0 Å². The second-order valence-electron chi connectivity index (χ2n) is 5.27. The van der Waals surface area contributed by atoms with E-state index in [1.807, 2.05) is 39.1 Å². The Morgan fingerprint density at radius 2 is 1.73 bits per heavy atom. The number of hydrogen-bond donors (Lipinski definition) is 1. The Morgan fingerprint density at radius 3 is 2.23 bits per heavy atom. The molecule has 0 atom stereocenters. The van der Waals surface area contributed by atoms with E-state index in [1.165, 1.54) is 0 Å². The van der Waals surface area contributed by atoms with Crippen LogP contribution in [-0.4, -0.2) is 31.9 Å². The van der Waals surface area contributed by atoms with Crippen molar-refractivity contribution in [1.29, 1.82) is 0 Å². The van der Waals surface area contributed by atoms with Gasteiger partial charge in [0.25, 0.3) is 5.91 Å². The van der Waals surface area contributed by atoms with Crippen molar-refractivity contribution in [2.45, 2.75) is 27.7 Å². The maximum Gasteiger partial charge on any atom is 0.271 e. The molecule has 140 valence electrons. The van der Waals surface area contributed by atoms with E-state index in [1.54, 1.807) is 29.7 Å². The van der Waals surface area contributed by atoms with Crippen LogP contribution in [-0.2, 0) is 0 Å². The first-order valence-corrected chi connectivity index (χ1v) is 9.42. The zero-order valence-electron chi connectivity index (χ0n) is 15.5. The number of rotatable bonds is 9. The number of aryl methyl sites for hydroxylation is 1. The van der Waals surface area contributed by atoms with Gasteiger partial charge in [0.2, 0.25) is 5.75 Å². The van der Waals surface area contributed by atoms with E-state index in [0.717, 1.165) is 10.4 Å². The van der Waals surface area contributed by atoms with Crippen molar-refractivity contribution in [2.75, 3.05) is 19.8 Å². The maximum atomic E-state index is 12.5. The lowest BCUT2D eigenvalue weighted by Crippen LogP contribution is -2.18. The van der Waals surface area contributed by atoms with Crippen molar-refractivity contribution in [1.82, 2.24) is 5.43 Å². The van der Waals surface area contributed by atoms with Crippen LogP contribution in [0, 0.1) is 6.92 Å². The fourth-order valence-electron chi connectivity index (χ4n) is 2.25. The summed E-state index contributed by atoms with van der Waals surface area (Å²) in [6.07, 6.45) is 1.64. The predicted molar refractivity (Wildman–Crippen MR) is 104 cm³/mol. The Kier molecular flexibility index (Phi) is 7.47. The third-order valence-electron chi connectivity index (χ3n) is 3.42. The molecule has 1 heterocycles. The van der Waals surface area contributed by atoms with Gasteiger partial charge in [-0.25, -0.2) is 5.43 Å². The molecule has 6 nitrogen and oxygen atoms in total. The monoisotopic (exact) mass is 376 g/mol. The zero-order valence-corrected chi connectivity index (χ0v) is 16.3. The van der Waals surface area contributed by atoms with E-state index in [4.69, 9.17) is 14.2 Å². The number of ether oxygens (including phenoxy) is 3. The number of thiophene rings is 1. The number of carbonyl (C=O) groups is 1. The summed E-state index contributed by atoms with van der Waals surface area (Å²) in [4.78, 5) is 13.5. The third kappa shape index (κ3) is 4.98. The van der Waals surface area contributed by atoms with Crippen LogP contribution >= 0.6 is 11.3 Å². The van der Waals surface area contributed by atoms with Crippen molar-refractivity contribution in [2.24, 2.45) is 5.10 Å². The van der Waals surface area contributed by atoms with Crippen molar-refractivity contribution in [3.05, 3.63) is 39.6 Å². The normalized spacial score (nSPS) is 10.8. The summed E-state index contributed by atoms with van der Waals surface area (Å²) in [5, 5.41) is 6.01. The smallest absolute Gasteiger partial charge is 0.271 e. The summed E-state index contributed by atoms with van der Waals surface area (Å²) in [7, 11) is 0. The summed E-state index contributed by atoms with van der Waals surface area (Å²) in [6.45, 7) is 8.99. The zero-order chi connectivity index (χ0) is 18.9. The van der Waals surface area contributed by atoms with Crippen LogP contribution in [0.5, 0.6) is 17.2 Å². The highest BCUT2D eigenvalue weighted by Gasteiger charge is 2.18. The molecule has 2 aromatic rings. The number of hydrazone groups is 1. The molecule has 0 saturated carbocycles. The van der Waals surface area contributed by atoms with E-state index in [-0.39, 0.29) is 5.91 Å². The Hall–Kier alpha value is -2.54. The van der Waals surface area contributed by atoms with Gasteiger partial charge in [-0.2, -0.15) is 5.10 Å². The molecule has 0 spiro atoms. The van der Waals surface area contributed by atoms with Crippen molar-refractivity contribution in [3.63, 3.8) is 0 Å². The van der Waals surface area contributed by atoms with Crippen LogP contribution in [0.1, 0.15) is 41.6 Å². The summed E-state index contributed by atoms with van der Waals surface area (Å²) < 4.78 is 16.9. The second kappa shape index (κ2) is 9.82. The minimum absolute atomic E-state index is 0.347. The molecular formula is C19H24N2O4S. The highest BCUT2D eigenvalue weighted by Crippen LogP contribution is 2.39. The number of nitrogens with zero attached hydrogens (tertiary/aromatic N) is 1. The first-order chi connectivity index (χ1) is 12.6. The number of benzene rings is 1. The third-order valence-corrected chi connectivity index (χ3v) is 4.37.